The minimum Gasteiger partial charge on any atom is -0.394 e. The number of hydrogen-bond acceptors (Lipinski definition) is 4. The molecule has 0 radical (unpaired) electrons. The van der Waals surface area contributed by atoms with Crippen LogP contribution in [-0.4, -0.2) is 35.5 Å². The van der Waals surface area contributed by atoms with Crippen LogP contribution in [0, 0.1) is 0 Å². The molecule has 6 nitrogen and oxygen atoms in total. The molecule has 10 heavy (non-hydrogen) atoms. The zero-order valence-electron chi connectivity index (χ0n) is 5.40. The SMILES string of the molecule is NC(N)=NOCC(O)CO. The summed E-state index contributed by atoms with van der Waals surface area (Å²) in [6.45, 7) is -0.492. The van der Waals surface area contributed by atoms with Crippen LogP contribution in [0.3, 0.4) is 0 Å². The zero-order chi connectivity index (χ0) is 7.98. The van der Waals surface area contributed by atoms with Gasteiger partial charge in [-0.25, -0.2) is 0 Å². The third-order valence-corrected chi connectivity index (χ3v) is 0.648. The van der Waals surface area contributed by atoms with Crippen LogP contribution >= 0.6 is 0 Å². The summed E-state index contributed by atoms with van der Waals surface area (Å²) in [5, 5.41) is 20.0. The first-order valence-electron chi connectivity index (χ1n) is 2.66. The van der Waals surface area contributed by atoms with Crippen LogP contribution in [-0.2, 0) is 4.84 Å². The average Bonchev–Trinajstić information content (AvgIpc) is 1.87. The molecule has 6 heteroatoms. The molecule has 0 aliphatic rings. The number of guanidine groups is 1. The highest BCUT2D eigenvalue weighted by Gasteiger charge is 2.00. The summed E-state index contributed by atoms with van der Waals surface area (Å²) in [6.07, 6.45) is -0.942. The molecular weight excluding hydrogens is 138 g/mol. The van der Waals surface area contributed by atoms with E-state index in [-0.39, 0.29) is 19.2 Å². The quantitative estimate of drug-likeness (QED) is 0.201. The number of rotatable bonds is 4. The van der Waals surface area contributed by atoms with Gasteiger partial charge >= 0.3 is 0 Å². The van der Waals surface area contributed by atoms with Crippen LogP contribution in [0.15, 0.2) is 5.16 Å². The number of aliphatic hydroxyl groups is 2. The van der Waals surface area contributed by atoms with Gasteiger partial charge in [0.1, 0.15) is 12.7 Å². The fourth-order valence-corrected chi connectivity index (χ4v) is 0.251. The second kappa shape index (κ2) is 4.83. The molecule has 0 aliphatic heterocycles. The molecule has 0 saturated carbocycles. The van der Waals surface area contributed by atoms with Gasteiger partial charge in [0.05, 0.1) is 6.61 Å². The Morgan fingerprint density at radius 2 is 2.20 bits per heavy atom. The van der Waals surface area contributed by atoms with Gasteiger partial charge in [-0.15, -0.1) is 0 Å². The predicted molar refractivity (Wildman–Crippen MR) is 34.9 cm³/mol. The van der Waals surface area contributed by atoms with Gasteiger partial charge in [-0.1, -0.05) is 0 Å². The van der Waals surface area contributed by atoms with Gasteiger partial charge in [-0.2, -0.15) is 0 Å². The van der Waals surface area contributed by atoms with Crippen molar-refractivity contribution in [3.05, 3.63) is 0 Å². The van der Waals surface area contributed by atoms with Crippen LogP contribution in [0.4, 0.5) is 0 Å². The van der Waals surface area contributed by atoms with Crippen LogP contribution in [0.5, 0.6) is 0 Å². The number of oxime groups is 1. The largest absolute Gasteiger partial charge is 0.394 e. The Hall–Kier alpha value is -1.01. The summed E-state index contributed by atoms with van der Waals surface area (Å²) in [5.41, 5.74) is 9.76. The summed E-state index contributed by atoms with van der Waals surface area (Å²) in [6, 6.07) is 0. The van der Waals surface area contributed by atoms with Crippen molar-refractivity contribution in [1.82, 2.24) is 0 Å². The van der Waals surface area contributed by atoms with Crippen molar-refractivity contribution in [1.29, 1.82) is 0 Å². The number of aliphatic hydroxyl groups excluding tert-OH is 2. The van der Waals surface area contributed by atoms with Crippen LogP contribution in [0.2, 0.25) is 0 Å². The van der Waals surface area contributed by atoms with E-state index >= 15 is 0 Å². The molecule has 0 aromatic carbocycles. The van der Waals surface area contributed by atoms with Crippen LogP contribution in [0.25, 0.3) is 0 Å². The van der Waals surface area contributed by atoms with Crippen molar-refractivity contribution >= 4 is 5.96 Å². The van der Waals surface area contributed by atoms with E-state index < -0.39 is 6.10 Å². The lowest BCUT2D eigenvalue weighted by Crippen LogP contribution is -2.24. The molecule has 0 aromatic rings. The monoisotopic (exact) mass is 149 g/mol. The molecule has 0 spiro atoms. The van der Waals surface area contributed by atoms with E-state index in [0.29, 0.717) is 0 Å². The molecule has 0 bridgehead atoms. The Labute approximate surface area is 58.1 Å². The fourth-order valence-electron chi connectivity index (χ4n) is 0.251. The topological polar surface area (TPSA) is 114 Å². The second-order valence-electron chi connectivity index (χ2n) is 1.65. The predicted octanol–water partition coefficient (Wildman–Crippen LogP) is -2.46. The van der Waals surface area contributed by atoms with Gasteiger partial charge in [0.25, 0.3) is 0 Å². The van der Waals surface area contributed by atoms with E-state index in [1.807, 2.05) is 0 Å². The van der Waals surface area contributed by atoms with Crippen molar-refractivity contribution in [2.75, 3.05) is 13.2 Å². The summed E-state index contributed by atoms with van der Waals surface area (Å²) in [7, 11) is 0. The number of hydrogen-bond donors (Lipinski definition) is 4. The van der Waals surface area contributed by atoms with Gasteiger partial charge in [0.15, 0.2) is 0 Å². The van der Waals surface area contributed by atoms with Crippen molar-refractivity contribution in [3.8, 4) is 0 Å². The van der Waals surface area contributed by atoms with Gasteiger partial charge in [0, 0.05) is 0 Å². The third-order valence-electron chi connectivity index (χ3n) is 0.648. The summed E-state index contributed by atoms with van der Waals surface area (Å²) in [4.78, 5) is 4.38. The van der Waals surface area contributed by atoms with Crippen molar-refractivity contribution in [2.24, 2.45) is 16.6 Å². The Bertz CT molecular complexity index is 112. The molecule has 6 N–H and O–H groups in total. The lowest BCUT2D eigenvalue weighted by molar-refractivity contribution is 0.00810. The molecule has 0 amide bonds. The summed E-state index contributed by atoms with van der Waals surface area (Å²) < 4.78 is 0. The van der Waals surface area contributed by atoms with E-state index in [4.69, 9.17) is 21.7 Å². The normalized spacial score (nSPS) is 12.2. The maximum atomic E-state index is 8.64. The zero-order valence-corrected chi connectivity index (χ0v) is 5.40. The highest BCUT2D eigenvalue weighted by atomic mass is 16.6. The molecular formula is C4H11N3O3. The minimum atomic E-state index is -0.942. The number of nitrogens with zero attached hydrogens (tertiary/aromatic N) is 1. The highest BCUT2D eigenvalue weighted by molar-refractivity contribution is 5.74. The molecule has 60 valence electrons. The standard InChI is InChI=1S/C4H11N3O3/c5-4(6)7-10-2-3(9)1-8/h3,8-9H,1-2H2,(H4,5,6,7). The van der Waals surface area contributed by atoms with Crippen molar-refractivity contribution in [3.63, 3.8) is 0 Å². The molecule has 1 atom stereocenters. The first kappa shape index (κ1) is 8.99. The fraction of sp³-hybridized carbons (Fsp3) is 0.750. The van der Waals surface area contributed by atoms with Gasteiger partial charge in [-0.05, 0) is 5.16 Å². The maximum absolute atomic E-state index is 8.64. The van der Waals surface area contributed by atoms with E-state index in [9.17, 15) is 0 Å². The Morgan fingerprint density at radius 3 is 2.60 bits per heavy atom. The molecule has 0 heterocycles. The molecule has 0 rings (SSSR count). The Kier molecular flexibility index (Phi) is 4.34. The van der Waals surface area contributed by atoms with Crippen molar-refractivity contribution in [2.45, 2.75) is 6.10 Å². The molecule has 1 unspecified atom stereocenters. The molecule has 0 aliphatic carbocycles. The number of nitrogens with two attached hydrogens (primary N) is 2. The Balaban J connectivity index is 3.28. The molecule has 0 aromatic heterocycles. The van der Waals surface area contributed by atoms with Crippen LogP contribution in [0.1, 0.15) is 0 Å². The van der Waals surface area contributed by atoms with E-state index in [1.165, 1.54) is 0 Å². The molecule has 0 saturated heterocycles. The highest BCUT2D eigenvalue weighted by Crippen LogP contribution is 1.82. The lowest BCUT2D eigenvalue weighted by Gasteiger charge is -2.03. The lowest BCUT2D eigenvalue weighted by atomic mass is 10.4. The third kappa shape index (κ3) is 5.13. The van der Waals surface area contributed by atoms with Gasteiger partial charge < -0.3 is 26.5 Å². The summed E-state index contributed by atoms with van der Waals surface area (Å²) in [5.74, 6) is -0.217. The first-order valence-corrected chi connectivity index (χ1v) is 2.66. The van der Waals surface area contributed by atoms with E-state index in [0.717, 1.165) is 0 Å². The van der Waals surface area contributed by atoms with Gasteiger partial charge in [0.2, 0.25) is 5.96 Å². The average molecular weight is 149 g/mol. The van der Waals surface area contributed by atoms with Crippen LogP contribution < -0.4 is 11.5 Å². The minimum absolute atomic E-state index is 0.117. The van der Waals surface area contributed by atoms with Gasteiger partial charge in [-0.3, -0.25) is 0 Å². The molecule has 0 fully saturated rings. The first-order chi connectivity index (χ1) is 4.66. The van der Waals surface area contributed by atoms with E-state index in [2.05, 4.69) is 9.99 Å². The summed E-state index contributed by atoms with van der Waals surface area (Å²) >= 11 is 0. The van der Waals surface area contributed by atoms with Crippen molar-refractivity contribution < 1.29 is 15.1 Å². The Morgan fingerprint density at radius 1 is 1.60 bits per heavy atom. The maximum Gasteiger partial charge on any atom is 0.228 e. The second-order valence-corrected chi connectivity index (χ2v) is 1.65. The van der Waals surface area contributed by atoms with E-state index in [1.54, 1.807) is 0 Å². The smallest absolute Gasteiger partial charge is 0.228 e.